The Balaban J connectivity index is 1.58. The van der Waals surface area contributed by atoms with E-state index in [4.69, 9.17) is 19.5 Å². The van der Waals surface area contributed by atoms with Gasteiger partial charge in [-0.3, -0.25) is 0 Å². The number of benzene rings is 1. The largest absolute Gasteiger partial charge is 0.493 e. The van der Waals surface area contributed by atoms with Gasteiger partial charge in [-0.25, -0.2) is 0 Å². The smallest absolute Gasteiger partial charge is 0.173 e. The minimum atomic E-state index is -0.544. The Morgan fingerprint density at radius 3 is 2.38 bits per heavy atom. The molecule has 5 nitrogen and oxygen atoms in total. The van der Waals surface area contributed by atoms with E-state index in [9.17, 15) is 5.26 Å². The monoisotopic (exact) mass is 352 g/mol. The zero-order valence-electron chi connectivity index (χ0n) is 15.2. The molecule has 0 amide bonds. The van der Waals surface area contributed by atoms with Crippen LogP contribution in [0.2, 0.25) is 0 Å². The van der Waals surface area contributed by atoms with Gasteiger partial charge in [-0.15, -0.1) is 0 Å². The molecular weight excluding hydrogens is 328 g/mol. The Morgan fingerprint density at radius 2 is 1.81 bits per heavy atom. The number of nitrogens with zero attached hydrogens (tertiary/aromatic N) is 2. The summed E-state index contributed by atoms with van der Waals surface area (Å²) in [6, 6.07) is 10.7. The molecule has 1 saturated heterocycles. The van der Waals surface area contributed by atoms with E-state index in [-0.39, 0.29) is 17.8 Å². The third-order valence-corrected chi connectivity index (χ3v) is 6.37. The van der Waals surface area contributed by atoms with Crippen LogP contribution in [0.3, 0.4) is 0 Å². The molecule has 0 radical (unpaired) electrons. The number of hydrogen-bond acceptors (Lipinski definition) is 5. The number of methoxy groups -OCH3 is 1. The molecule has 136 valence electrons. The predicted octanol–water partition coefficient (Wildman–Crippen LogP) is 4.01. The third kappa shape index (κ3) is 2.81. The zero-order valence-corrected chi connectivity index (χ0v) is 15.2. The molecule has 26 heavy (non-hydrogen) atoms. The summed E-state index contributed by atoms with van der Waals surface area (Å²) < 4.78 is 17.3. The van der Waals surface area contributed by atoms with Gasteiger partial charge in [0.25, 0.3) is 0 Å². The summed E-state index contributed by atoms with van der Waals surface area (Å²) >= 11 is 0. The Hall–Kier alpha value is -2.24. The molecule has 3 aliphatic rings. The average Bonchev–Trinajstić information content (AvgIpc) is 3.10. The van der Waals surface area contributed by atoms with Crippen LogP contribution in [0.5, 0.6) is 11.5 Å². The van der Waals surface area contributed by atoms with E-state index in [0.717, 1.165) is 42.7 Å². The fourth-order valence-electron chi connectivity index (χ4n) is 4.54. The van der Waals surface area contributed by atoms with Gasteiger partial charge in [0.1, 0.15) is 5.60 Å². The summed E-state index contributed by atoms with van der Waals surface area (Å²) in [6.07, 6.45) is 7.42. The second-order valence-corrected chi connectivity index (χ2v) is 7.78. The van der Waals surface area contributed by atoms with Gasteiger partial charge in [-0.05, 0) is 69.1 Å². The normalized spacial score (nSPS) is 33.4. The molecule has 5 heteroatoms. The van der Waals surface area contributed by atoms with Gasteiger partial charge in [-0.2, -0.15) is 10.5 Å². The molecule has 1 aliphatic heterocycles. The van der Waals surface area contributed by atoms with Gasteiger partial charge in [-0.1, -0.05) is 6.07 Å². The average molecular weight is 352 g/mol. The Labute approximate surface area is 154 Å². The number of epoxide rings is 1. The molecule has 0 bridgehead atoms. The molecule has 1 aromatic rings. The number of hydrogen-bond donors (Lipinski definition) is 0. The third-order valence-electron chi connectivity index (χ3n) is 6.37. The first kappa shape index (κ1) is 17.2. The molecule has 0 unspecified atom stereocenters. The molecule has 2 aliphatic carbocycles. The first-order chi connectivity index (χ1) is 12.6. The minimum absolute atomic E-state index is 0.239. The van der Waals surface area contributed by atoms with Crippen molar-refractivity contribution in [3.8, 4) is 23.6 Å². The highest BCUT2D eigenvalue weighted by atomic mass is 16.6. The second kappa shape index (κ2) is 6.49. The van der Waals surface area contributed by atoms with E-state index >= 15 is 0 Å². The van der Waals surface area contributed by atoms with Crippen LogP contribution >= 0.6 is 0 Å². The lowest BCUT2D eigenvalue weighted by Crippen LogP contribution is -2.35. The zero-order chi connectivity index (χ0) is 18.2. The molecule has 0 N–H and O–H groups in total. The van der Waals surface area contributed by atoms with Crippen molar-refractivity contribution in [2.24, 2.45) is 0 Å². The maximum atomic E-state index is 9.98. The van der Waals surface area contributed by atoms with Crippen molar-refractivity contribution in [1.29, 1.82) is 10.5 Å². The maximum Gasteiger partial charge on any atom is 0.173 e. The molecule has 2 saturated carbocycles. The van der Waals surface area contributed by atoms with Crippen molar-refractivity contribution in [3.05, 3.63) is 23.8 Å². The molecule has 0 aromatic heterocycles. The standard InChI is InChI=1S/C21H24N2O3/c1-24-17-7-6-15(12-18(17)25-16-4-2-3-5-16)20(14-23)8-10-21(11-9-20)19(13-22)26-21/h6-7,12,16,19H,2-5,8-11H2,1H3/t19-,20?,21?/m1/s1. The van der Waals surface area contributed by atoms with Crippen molar-refractivity contribution < 1.29 is 14.2 Å². The molecule has 4 rings (SSSR count). The summed E-state index contributed by atoms with van der Waals surface area (Å²) in [6.45, 7) is 0. The van der Waals surface area contributed by atoms with E-state index in [1.807, 2.05) is 18.2 Å². The topological polar surface area (TPSA) is 78.6 Å². The Morgan fingerprint density at radius 1 is 1.08 bits per heavy atom. The SMILES string of the molecule is COc1ccc(C2(C#N)CCC3(CC2)O[C@@H]3C#N)cc1OC1CCCC1. The van der Waals surface area contributed by atoms with Crippen molar-refractivity contribution in [3.63, 3.8) is 0 Å². The summed E-state index contributed by atoms with van der Waals surface area (Å²) in [5, 5.41) is 19.1. The molecule has 3 fully saturated rings. The molecule has 1 aromatic carbocycles. The summed E-state index contributed by atoms with van der Waals surface area (Å²) in [4.78, 5) is 0. The quantitative estimate of drug-likeness (QED) is 0.765. The van der Waals surface area contributed by atoms with Crippen LogP contribution in [0.15, 0.2) is 18.2 Å². The van der Waals surface area contributed by atoms with Crippen molar-refractivity contribution >= 4 is 0 Å². The first-order valence-corrected chi connectivity index (χ1v) is 9.49. The van der Waals surface area contributed by atoms with Gasteiger partial charge >= 0.3 is 0 Å². The summed E-state index contributed by atoms with van der Waals surface area (Å²) in [5.74, 6) is 1.46. The minimum Gasteiger partial charge on any atom is -0.493 e. The molecule has 1 atom stereocenters. The van der Waals surface area contributed by atoms with Crippen LogP contribution in [-0.4, -0.2) is 24.9 Å². The van der Waals surface area contributed by atoms with Crippen LogP contribution < -0.4 is 9.47 Å². The number of ether oxygens (including phenoxy) is 3. The second-order valence-electron chi connectivity index (χ2n) is 7.78. The number of nitriles is 2. The molecule has 1 heterocycles. The first-order valence-electron chi connectivity index (χ1n) is 9.49. The Bertz CT molecular complexity index is 762. The molecule has 1 spiro atoms. The van der Waals surface area contributed by atoms with E-state index < -0.39 is 5.41 Å². The lowest BCUT2D eigenvalue weighted by Gasteiger charge is -2.34. The van der Waals surface area contributed by atoms with Crippen LogP contribution in [0.4, 0.5) is 0 Å². The predicted molar refractivity (Wildman–Crippen MR) is 94.9 cm³/mol. The van der Waals surface area contributed by atoms with Crippen LogP contribution in [-0.2, 0) is 10.2 Å². The highest BCUT2D eigenvalue weighted by molar-refractivity contribution is 5.48. The fraction of sp³-hybridized carbons (Fsp3) is 0.619. The van der Waals surface area contributed by atoms with E-state index in [2.05, 4.69) is 12.1 Å². The summed E-state index contributed by atoms with van der Waals surface area (Å²) in [5.41, 5.74) is 0.139. The Kier molecular flexibility index (Phi) is 4.29. The van der Waals surface area contributed by atoms with E-state index in [1.165, 1.54) is 12.8 Å². The van der Waals surface area contributed by atoms with E-state index in [0.29, 0.717) is 12.8 Å². The highest BCUT2D eigenvalue weighted by Crippen LogP contribution is 2.54. The van der Waals surface area contributed by atoms with Crippen LogP contribution in [0, 0.1) is 22.7 Å². The van der Waals surface area contributed by atoms with Crippen molar-refractivity contribution in [2.45, 2.75) is 74.6 Å². The van der Waals surface area contributed by atoms with Crippen LogP contribution in [0.25, 0.3) is 0 Å². The number of rotatable bonds is 4. The summed E-state index contributed by atoms with van der Waals surface area (Å²) in [7, 11) is 1.65. The van der Waals surface area contributed by atoms with Gasteiger partial charge in [0.2, 0.25) is 0 Å². The van der Waals surface area contributed by atoms with Crippen LogP contribution in [0.1, 0.15) is 56.9 Å². The van der Waals surface area contributed by atoms with E-state index in [1.54, 1.807) is 7.11 Å². The lowest BCUT2D eigenvalue weighted by atomic mass is 9.66. The fourth-order valence-corrected chi connectivity index (χ4v) is 4.54. The van der Waals surface area contributed by atoms with Crippen molar-refractivity contribution in [1.82, 2.24) is 0 Å². The van der Waals surface area contributed by atoms with Gasteiger partial charge in [0.05, 0.1) is 30.8 Å². The molecular formula is C21H24N2O3. The van der Waals surface area contributed by atoms with Gasteiger partial charge < -0.3 is 14.2 Å². The van der Waals surface area contributed by atoms with Gasteiger partial charge in [0.15, 0.2) is 17.6 Å². The van der Waals surface area contributed by atoms with Gasteiger partial charge in [0, 0.05) is 0 Å². The maximum absolute atomic E-state index is 9.98. The highest BCUT2D eigenvalue weighted by Gasteiger charge is 2.60. The lowest BCUT2D eigenvalue weighted by molar-refractivity contribution is 0.194. The van der Waals surface area contributed by atoms with Crippen molar-refractivity contribution in [2.75, 3.05) is 7.11 Å².